The second kappa shape index (κ2) is 5.12. The van der Waals surface area contributed by atoms with Crippen molar-refractivity contribution >= 4 is 17.5 Å². The summed E-state index contributed by atoms with van der Waals surface area (Å²) in [7, 11) is 0. The number of hydrogen-bond acceptors (Lipinski definition) is 2. The van der Waals surface area contributed by atoms with Gasteiger partial charge < -0.3 is 4.90 Å². The third-order valence-electron chi connectivity index (χ3n) is 3.13. The summed E-state index contributed by atoms with van der Waals surface area (Å²) in [6.07, 6.45) is 0.385. The molecular formula is C14H16N2O2. The molecule has 0 fully saturated rings. The Morgan fingerprint density at radius 2 is 2.00 bits per heavy atom. The van der Waals surface area contributed by atoms with Crippen molar-refractivity contribution < 1.29 is 9.59 Å². The molecule has 0 aromatic heterocycles. The van der Waals surface area contributed by atoms with Crippen molar-refractivity contribution in [2.75, 3.05) is 0 Å². The highest BCUT2D eigenvalue weighted by Gasteiger charge is 2.34. The van der Waals surface area contributed by atoms with Crippen molar-refractivity contribution in [1.29, 1.82) is 0 Å². The summed E-state index contributed by atoms with van der Waals surface area (Å²) >= 11 is 0. The molecule has 0 spiro atoms. The number of carbonyl (C=O) groups excluding carboxylic acids is 2. The predicted molar refractivity (Wildman–Crippen MR) is 69.6 cm³/mol. The van der Waals surface area contributed by atoms with Gasteiger partial charge in [-0.1, -0.05) is 37.3 Å². The average molecular weight is 244 g/mol. The van der Waals surface area contributed by atoms with E-state index in [4.69, 9.17) is 0 Å². The van der Waals surface area contributed by atoms with E-state index in [-0.39, 0.29) is 17.9 Å². The summed E-state index contributed by atoms with van der Waals surface area (Å²) < 4.78 is 0. The van der Waals surface area contributed by atoms with E-state index in [1.54, 1.807) is 11.8 Å². The molecular weight excluding hydrogens is 228 g/mol. The van der Waals surface area contributed by atoms with E-state index in [1.807, 2.05) is 37.3 Å². The molecule has 1 atom stereocenters. The minimum absolute atomic E-state index is 0.0496. The molecule has 1 aromatic carbocycles. The van der Waals surface area contributed by atoms with Gasteiger partial charge in [0.15, 0.2) is 5.78 Å². The smallest absolute Gasteiger partial charge is 0.310 e. The number of Topliss-reactive ketones (excluding diaryl/α,β-unsaturated/α-hetero) is 1. The van der Waals surface area contributed by atoms with Crippen molar-refractivity contribution in [1.82, 2.24) is 4.90 Å². The van der Waals surface area contributed by atoms with Crippen molar-refractivity contribution in [2.24, 2.45) is 4.99 Å². The van der Waals surface area contributed by atoms with Crippen molar-refractivity contribution in [3.63, 3.8) is 0 Å². The van der Waals surface area contributed by atoms with E-state index in [2.05, 4.69) is 4.99 Å². The second-order valence-corrected chi connectivity index (χ2v) is 4.35. The number of rotatable bonds is 4. The van der Waals surface area contributed by atoms with E-state index in [1.165, 1.54) is 0 Å². The summed E-state index contributed by atoms with van der Waals surface area (Å²) in [5.74, 6) is -0.0496. The number of nitrogens with zero attached hydrogens (tertiary/aromatic N) is 2. The van der Waals surface area contributed by atoms with Crippen LogP contribution in [0.1, 0.15) is 25.8 Å². The summed E-state index contributed by atoms with van der Waals surface area (Å²) in [6.45, 7) is 4.12. The molecule has 1 aliphatic heterocycles. The minimum atomic E-state index is -0.317. The Morgan fingerprint density at radius 1 is 1.33 bits per heavy atom. The van der Waals surface area contributed by atoms with Gasteiger partial charge in [-0.25, -0.2) is 4.79 Å². The molecule has 0 radical (unpaired) electrons. The Kier molecular flexibility index (Phi) is 3.55. The summed E-state index contributed by atoms with van der Waals surface area (Å²) in [6, 6.07) is 9.16. The molecule has 0 saturated carbocycles. The number of carbonyl (C=O) groups is 2. The topological polar surface area (TPSA) is 49.7 Å². The van der Waals surface area contributed by atoms with Crippen LogP contribution in [0.4, 0.5) is 4.79 Å². The van der Waals surface area contributed by atoms with Gasteiger partial charge in [0.25, 0.3) is 0 Å². The minimum Gasteiger partial charge on any atom is -0.310 e. The first-order chi connectivity index (χ1) is 8.63. The first-order valence-corrected chi connectivity index (χ1v) is 6.09. The zero-order valence-corrected chi connectivity index (χ0v) is 10.6. The van der Waals surface area contributed by atoms with Crippen LogP contribution in [-0.4, -0.2) is 28.5 Å². The molecule has 0 aliphatic carbocycles. The van der Waals surface area contributed by atoms with Crippen LogP contribution < -0.4 is 0 Å². The van der Waals surface area contributed by atoms with Crippen LogP contribution >= 0.6 is 0 Å². The Labute approximate surface area is 106 Å². The fourth-order valence-corrected chi connectivity index (χ4v) is 2.04. The lowest BCUT2D eigenvalue weighted by Gasteiger charge is -2.21. The molecule has 2 rings (SSSR count). The van der Waals surface area contributed by atoms with Crippen molar-refractivity contribution in [2.45, 2.75) is 32.9 Å². The highest BCUT2D eigenvalue weighted by Crippen LogP contribution is 2.18. The number of hydrogen-bond donors (Lipinski definition) is 0. The van der Waals surface area contributed by atoms with Crippen molar-refractivity contribution in [3.8, 4) is 0 Å². The van der Waals surface area contributed by atoms with E-state index in [0.717, 1.165) is 5.56 Å². The normalized spacial score (nSPS) is 19.0. The Morgan fingerprint density at radius 3 is 2.61 bits per heavy atom. The molecule has 0 N–H and O–H groups in total. The Hall–Kier alpha value is -1.97. The zero-order valence-electron chi connectivity index (χ0n) is 10.6. The Bertz CT molecular complexity index is 494. The molecule has 1 aliphatic rings. The van der Waals surface area contributed by atoms with Crippen LogP contribution in [-0.2, 0) is 11.3 Å². The maximum Gasteiger partial charge on any atom is 0.344 e. The largest absolute Gasteiger partial charge is 0.344 e. The number of ketones is 1. The van der Waals surface area contributed by atoms with Crippen LogP contribution in [0.3, 0.4) is 0 Å². The lowest BCUT2D eigenvalue weighted by atomic mass is 10.1. The maximum absolute atomic E-state index is 11.8. The van der Waals surface area contributed by atoms with Crippen LogP contribution in [0.5, 0.6) is 0 Å². The van der Waals surface area contributed by atoms with Crippen LogP contribution in [0.25, 0.3) is 0 Å². The second-order valence-electron chi connectivity index (χ2n) is 4.35. The van der Waals surface area contributed by atoms with Gasteiger partial charge in [-0.15, -0.1) is 0 Å². The number of urea groups is 1. The monoisotopic (exact) mass is 244 g/mol. The van der Waals surface area contributed by atoms with Crippen LogP contribution in [0.15, 0.2) is 35.3 Å². The third kappa shape index (κ3) is 2.32. The zero-order chi connectivity index (χ0) is 13.1. The first kappa shape index (κ1) is 12.5. The lowest BCUT2D eigenvalue weighted by molar-refractivity contribution is -0.112. The molecule has 18 heavy (non-hydrogen) atoms. The van der Waals surface area contributed by atoms with E-state index in [9.17, 15) is 9.59 Å². The molecule has 4 nitrogen and oxygen atoms in total. The van der Waals surface area contributed by atoms with Gasteiger partial charge in [0, 0.05) is 13.0 Å². The van der Waals surface area contributed by atoms with Gasteiger partial charge in [0.1, 0.15) is 5.71 Å². The van der Waals surface area contributed by atoms with Crippen LogP contribution in [0, 0.1) is 0 Å². The molecule has 0 bridgehead atoms. The summed E-state index contributed by atoms with van der Waals surface area (Å²) in [5, 5.41) is 0. The van der Waals surface area contributed by atoms with E-state index in [0.29, 0.717) is 18.7 Å². The highest BCUT2D eigenvalue weighted by molar-refractivity contribution is 6.44. The number of benzene rings is 1. The summed E-state index contributed by atoms with van der Waals surface area (Å²) in [4.78, 5) is 29.0. The molecule has 1 heterocycles. The van der Waals surface area contributed by atoms with Gasteiger partial charge in [0.05, 0.1) is 6.04 Å². The molecule has 94 valence electrons. The van der Waals surface area contributed by atoms with Gasteiger partial charge in [-0.05, 0) is 12.5 Å². The third-order valence-corrected chi connectivity index (χ3v) is 3.13. The first-order valence-electron chi connectivity index (χ1n) is 6.09. The molecule has 0 saturated heterocycles. The highest BCUT2D eigenvalue weighted by atomic mass is 16.2. The van der Waals surface area contributed by atoms with Gasteiger partial charge in [0.2, 0.25) is 0 Å². The maximum atomic E-state index is 11.8. The molecule has 2 amide bonds. The van der Waals surface area contributed by atoms with E-state index < -0.39 is 0 Å². The summed E-state index contributed by atoms with van der Waals surface area (Å²) in [5.41, 5.74) is 1.43. The van der Waals surface area contributed by atoms with Gasteiger partial charge in [-0.3, -0.25) is 4.79 Å². The van der Waals surface area contributed by atoms with Gasteiger partial charge in [-0.2, -0.15) is 4.99 Å². The molecule has 4 heteroatoms. The van der Waals surface area contributed by atoms with Gasteiger partial charge >= 0.3 is 6.03 Å². The fraction of sp³-hybridized carbons (Fsp3) is 0.357. The SMILES string of the molecule is CCC(=O)C1=NC(=O)N(Cc2ccccc2)C1C. The molecule has 1 aromatic rings. The number of aliphatic imine (C=N–C) groups is 1. The predicted octanol–water partition coefficient (Wildman–Crippen LogP) is 2.43. The quantitative estimate of drug-likeness (QED) is 0.816. The van der Waals surface area contributed by atoms with Crippen LogP contribution in [0.2, 0.25) is 0 Å². The Balaban J connectivity index is 2.14. The average Bonchev–Trinajstić information content (AvgIpc) is 2.67. The lowest BCUT2D eigenvalue weighted by Crippen LogP contribution is -2.37. The molecule has 1 unspecified atom stereocenters. The number of amides is 2. The standard InChI is InChI=1S/C14H16N2O2/c1-3-12(17)13-10(2)16(14(18)15-13)9-11-7-5-4-6-8-11/h4-8,10H,3,9H2,1-2H3. The van der Waals surface area contributed by atoms with E-state index >= 15 is 0 Å². The van der Waals surface area contributed by atoms with Crippen molar-refractivity contribution in [3.05, 3.63) is 35.9 Å². The fourth-order valence-electron chi connectivity index (χ4n) is 2.04.